The van der Waals surface area contributed by atoms with Crippen LogP contribution < -0.4 is 0 Å². The molecule has 4 bridgehead atoms. The molecule has 4 atom stereocenters. The quantitative estimate of drug-likeness (QED) is 0.721. The first-order valence-electron chi connectivity index (χ1n) is 12.2. The van der Waals surface area contributed by atoms with Crippen LogP contribution in [0.15, 0.2) is 0 Å². The summed E-state index contributed by atoms with van der Waals surface area (Å²) in [5, 5.41) is 0. The van der Waals surface area contributed by atoms with Crippen LogP contribution in [-0.4, -0.2) is 73.0 Å². The van der Waals surface area contributed by atoms with Crippen molar-refractivity contribution in [2.75, 3.05) is 52.4 Å². The van der Waals surface area contributed by atoms with Gasteiger partial charge in [0, 0.05) is 19.6 Å². The monoisotopic (exact) mass is 387 g/mol. The van der Waals surface area contributed by atoms with Gasteiger partial charge in [0.2, 0.25) is 5.91 Å². The third-order valence-electron chi connectivity index (χ3n) is 9.29. The first-order chi connectivity index (χ1) is 13.4. The molecule has 2 saturated heterocycles. The minimum atomic E-state index is -0.0183. The van der Waals surface area contributed by atoms with E-state index in [4.69, 9.17) is 0 Å². The molecule has 28 heavy (non-hydrogen) atoms. The third kappa shape index (κ3) is 3.14. The zero-order chi connectivity index (χ0) is 19.4. The normalized spacial score (nSPS) is 43.8. The molecular formula is C24H41N3O. The lowest BCUT2D eigenvalue weighted by molar-refractivity contribution is -0.147. The Morgan fingerprint density at radius 3 is 2.29 bits per heavy atom. The van der Waals surface area contributed by atoms with Crippen molar-refractivity contribution >= 4 is 5.91 Å². The minimum Gasteiger partial charge on any atom is -0.341 e. The fourth-order valence-electron chi connectivity index (χ4n) is 8.53. The van der Waals surface area contributed by atoms with Crippen LogP contribution >= 0.6 is 0 Å². The van der Waals surface area contributed by atoms with Crippen molar-refractivity contribution in [3.8, 4) is 0 Å². The highest BCUT2D eigenvalue weighted by Gasteiger charge is 2.71. The molecule has 6 aliphatic rings. The van der Waals surface area contributed by atoms with E-state index in [-0.39, 0.29) is 10.8 Å². The Balaban J connectivity index is 1.18. The van der Waals surface area contributed by atoms with Crippen molar-refractivity contribution in [3.63, 3.8) is 0 Å². The predicted octanol–water partition coefficient (Wildman–Crippen LogP) is 3.61. The van der Waals surface area contributed by atoms with Crippen LogP contribution in [-0.2, 0) is 4.79 Å². The van der Waals surface area contributed by atoms with Gasteiger partial charge in [-0.3, -0.25) is 4.79 Å². The molecule has 0 N–H and O–H groups in total. The van der Waals surface area contributed by atoms with Crippen LogP contribution in [0.2, 0.25) is 0 Å². The summed E-state index contributed by atoms with van der Waals surface area (Å²) in [6, 6.07) is 0. The van der Waals surface area contributed by atoms with E-state index < -0.39 is 0 Å². The Morgan fingerprint density at radius 1 is 0.821 bits per heavy atom. The van der Waals surface area contributed by atoms with E-state index in [0.29, 0.717) is 11.3 Å². The van der Waals surface area contributed by atoms with Gasteiger partial charge in [0.1, 0.15) is 0 Å². The molecule has 4 aliphatic carbocycles. The highest BCUT2D eigenvalue weighted by atomic mass is 16.2. The van der Waals surface area contributed by atoms with Crippen molar-refractivity contribution < 1.29 is 4.79 Å². The fourth-order valence-corrected chi connectivity index (χ4v) is 8.53. The van der Waals surface area contributed by atoms with Crippen LogP contribution in [0.5, 0.6) is 0 Å². The molecule has 0 radical (unpaired) electrons. The highest BCUT2D eigenvalue weighted by Crippen LogP contribution is 2.76. The second-order valence-electron chi connectivity index (χ2n) is 11.7. The Kier molecular flexibility index (Phi) is 4.82. The summed E-state index contributed by atoms with van der Waals surface area (Å²) in [5.74, 6) is 1.36. The van der Waals surface area contributed by atoms with Crippen molar-refractivity contribution in [2.24, 2.45) is 22.2 Å². The van der Waals surface area contributed by atoms with Crippen molar-refractivity contribution in [3.05, 3.63) is 0 Å². The van der Waals surface area contributed by atoms with E-state index in [1.54, 1.807) is 0 Å². The number of hydrogen-bond donors (Lipinski definition) is 0. The highest BCUT2D eigenvalue weighted by molar-refractivity contribution is 5.85. The Hall–Kier alpha value is -0.610. The summed E-state index contributed by atoms with van der Waals surface area (Å²) >= 11 is 0. The van der Waals surface area contributed by atoms with Gasteiger partial charge < -0.3 is 14.7 Å². The topological polar surface area (TPSA) is 26.8 Å². The van der Waals surface area contributed by atoms with E-state index in [0.717, 1.165) is 32.0 Å². The first kappa shape index (κ1) is 19.4. The molecule has 1 amide bonds. The molecule has 158 valence electrons. The maximum atomic E-state index is 13.9. The largest absolute Gasteiger partial charge is 0.341 e. The molecule has 4 nitrogen and oxygen atoms in total. The van der Waals surface area contributed by atoms with E-state index in [2.05, 4.69) is 28.5 Å². The summed E-state index contributed by atoms with van der Waals surface area (Å²) in [5.41, 5.74) is 0.706. The van der Waals surface area contributed by atoms with Crippen molar-refractivity contribution in [1.29, 1.82) is 0 Å². The molecule has 0 aromatic carbocycles. The van der Waals surface area contributed by atoms with E-state index >= 15 is 0 Å². The van der Waals surface area contributed by atoms with E-state index in [9.17, 15) is 4.79 Å². The van der Waals surface area contributed by atoms with E-state index in [1.807, 2.05) is 0 Å². The van der Waals surface area contributed by atoms with Gasteiger partial charge in [-0.2, -0.15) is 0 Å². The Bertz CT molecular complexity index is 617. The molecule has 6 fully saturated rings. The minimum absolute atomic E-state index is 0.0183. The van der Waals surface area contributed by atoms with Crippen molar-refractivity contribution in [1.82, 2.24) is 14.7 Å². The molecule has 0 aromatic rings. The maximum absolute atomic E-state index is 13.9. The van der Waals surface area contributed by atoms with Crippen molar-refractivity contribution in [2.45, 2.75) is 71.6 Å². The summed E-state index contributed by atoms with van der Waals surface area (Å²) in [7, 11) is 0. The van der Waals surface area contributed by atoms with Crippen LogP contribution in [0.1, 0.15) is 71.6 Å². The lowest BCUT2D eigenvalue weighted by atomic mass is 9.67. The van der Waals surface area contributed by atoms with Gasteiger partial charge in [0.05, 0.1) is 5.41 Å². The molecule has 0 spiro atoms. The zero-order valence-corrected chi connectivity index (χ0v) is 18.3. The number of hydrogen-bond acceptors (Lipinski definition) is 3. The average Bonchev–Trinajstić information content (AvgIpc) is 3.17. The Morgan fingerprint density at radius 2 is 1.54 bits per heavy atom. The molecule has 0 aromatic heterocycles. The number of likely N-dealkylation sites (tertiary alicyclic amines) is 1. The van der Waals surface area contributed by atoms with Crippen LogP contribution in [0.4, 0.5) is 0 Å². The predicted molar refractivity (Wildman–Crippen MR) is 113 cm³/mol. The smallest absolute Gasteiger partial charge is 0.229 e. The number of rotatable bonds is 5. The molecule has 2 heterocycles. The number of nitrogens with zero attached hydrogens (tertiary/aromatic N) is 3. The molecule has 4 unspecified atom stereocenters. The first-order valence-corrected chi connectivity index (χ1v) is 12.2. The Labute approximate surface area is 172 Å². The third-order valence-corrected chi connectivity index (χ3v) is 9.29. The van der Waals surface area contributed by atoms with Gasteiger partial charge >= 0.3 is 0 Å². The van der Waals surface area contributed by atoms with Crippen LogP contribution in [0.3, 0.4) is 0 Å². The molecule has 6 rings (SSSR count). The molecule has 4 heteroatoms. The standard InChI is InChI=1S/C24H41N3O/c1-22-15-20-16-23(2,18-22)24(17-20,19-22)21(28)27-12-6-11-26(13-14-27)10-5-9-25-7-3-4-8-25/h20H,3-19H2,1-2H3. The molecule has 4 saturated carbocycles. The number of carbonyl (C=O) groups is 1. The SMILES string of the molecule is CC12CC3CC(C)(C1)C(C(=O)N1CCCN(CCCN4CCCC4)CC1)(C3)C2. The van der Waals surface area contributed by atoms with Crippen LogP contribution in [0, 0.1) is 22.2 Å². The summed E-state index contributed by atoms with van der Waals surface area (Å²) in [6.07, 6.45) is 11.6. The average molecular weight is 388 g/mol. The second kappa shape index (κ2) is 6.97. The maximum Gasteiger partial charge on any atom is 0.229 e. The molecular weight excluding hydrogens is 346 g/mol. The summed E-state index contributed by atoms with van der Waals surface area (Å²) in [4.78, 5) is 21.4. The van der Waals surface area contributed by atoms with Gasteiger partial charge in [-0.15, -0.1) is 0 Å². The second-order valence-corrected chi connectivity index (χ2v) is 11.7. The number of carbonyl (C=O) groups excluding carboxylic acids is 1. The van der Waals surface area contributed by atoms with Gasteiger partial charge in [-0.1, -0.05) is 13.8 Å². The van der Waals surface area contributed by atoms with Gasteiger partial charge in [-0.05, 0) is 107 Å². The lowest BCUT2D eigenvalue weighted by Gasteiger charge is -2.41. The number of amides is 1. The van der Waals surface area contributed by atoms with E-state index in [1.165, 1.54) is 84.1 Å². The summed E-state index contributed by atoms with van der Waals surface area (Å²) < 4.78 is 0. The molecule has 2 aliphatic heterocycles. The lowest BCUT2D eigenvalue weighted by Crippen LogP contribution is -2.49. The van der Waals surface area contributed by atoms with Gasteiger partial charge in [-0.25, -0.2) is 0 Å². The van der Waals surface area contributed by atoms with Crippen LogP contribution in [0.25, 0.3) is 0 Å². The fraction of sp³-hybridized carbons (Fsp3) is 0.958. The van der Waals surface area contributed by atoms with Gasteiger partial charge in [0.25, 0.3) is 0 Å². The summed E-state index contributed by atoms with van der Waals surface area (Å²) in [6.45, 7) is 14.2. The zero-order valence-electron chi connectivity index (χ0n) is 18.3. The van der Waals surface area contributed by atoms with Gasteiger partial charge in [0.15, 0.2) is 0 Å².